The lowest BCUT2D eigenvalue weighted by Gasteiger charge is -2.09. The summed E-state index contributed by atoms with van der Waals surface area (Å²) in [6, 6.07) is 7.30. The fourth-order valence-electron chi connectivity index (χ4n) is 1.35. The van der Waals surface area contributed by atoms with E-state index < -0.39 is 12.0 Å². The average Bonchev–Trinajstić information content (AvgIpc) is 2.29. The first kappa shape index (κ1) is 12.5. The fourth-order valence-corrected chi connectivity index (χ4v) is 1.35. The Morgan fingerprint density at radius 1 is 1.44 bits per heavy atom. The Hall–Kier alpha value is -1.55. The first-order valence-electron chi connectivity index (χ1n) is 5.44. The molecule has 0 amide bonds. The summed E-state index contributed by atoms with van der Waals surface area (Å²) in [6.07, 6.45) is 1.44. The molecule has 1 aromatic carbocycles. The third-order valence-corrected chi connectivity index (χ3v) is 2.46. The first-order chi connectivity index (χ1) is 7.63. The van der Waals surface area contributed by atoms with Gasteiger partial charge in [0.2, 0.25) is 0 Å². The van der Waals surface area contributed by atoms with Crippen LogP contribution in [0, 0.1) is 0 Å². The Morgan fingerprint density at radius 3 is 2.56 bits per heavy atom. The number of carboxylic acids is 1. The predicted octanol–water partition coefficient (Wildman–Crippen LogP) is 1.46. The number of hydrogen-bond donors (Lipinski definition) is 3. The molecule has 0 saturated heterocycles. The first-order valence-corrected chi connectivity index (χ1v) is 5.44. The standard InChI is InChI=1S/C12H18N2O2/c1-2-9-3-5-10(6-4-9)14-8-7-11(13)12(15)16/h3-6,11,14H,2,7-8,13H2,1H3,(H,15,16). The number of benzene rings is 1. The zero-order valence-corrected chi connectivity index (χ0v) is 9.44. The molecule has 88 valence electrons. The maximum Gasteiger partial charge on any atom is 0.320 e. The number of nitrogens with two attached hydrogens (primary N) is 1. The lowest BCUT2D eigenvalue weighted by atomic mass is 10.1. The molecule has 0 radical (unpaired) electrons. The van der Waals surface area contributed by atoms with E-state index in [9.17, 15) is 4.79 Å². The molecule has 1 unspecified atom stereocenters. The van der Waals surface area contributed by atoms with Crippen LogP contribution in [0.15, 0.2) is 24.3 Å². The van der Waals surface area contributed by atoms with Gasteiger partial charge in [-0.05, 0) is 30.5 Å². The second kappa shape index (κ2) is 6.12. The molecule has 1 atom stereocenters. The maximum absolute atomic E-state index is 10.5. The number of anilines is 1. The zero-order chi connectivity index (χ0) is 12.0. The van der Waals surface area contributed by atoms with Crippen molar-refractivity contribution in [2.75, 3.05) is 11.9 Å². The fraction of sp³-hybridized carbons (Fsp3) is 0.417. The minimum absolute atomic E-state index is 0.421. The van der Waals surface area contributed by atoms with Crippen LogP contribution in [0.25, 0.3) is 0 Å². The van der Waals surface area contributed by atoms with E-state index in [2.05, 4.69) is 24.4 Å². The number of carboxylic acid groups (broad SMARTS) is 1. The molecule has 4 nitrogen and oxygen atoms in total. The van der Waals surface area contributed by atoms with Crippen molar-refractivity contribution in [3.05, 3.63) is 29.8 Å². The molecule has 0 aliphatic heterocycles. The van der Waals surface area contributed by atoms with Gasteiger partial charge in [0.25, 0.3) is 0 Å². The molecule has 4 heteroatoms. The summed E-state index contributed by atoms with van der Waals surface area (Å²) < 4.78 is 0. The van der Waals surface area contributed by atoms with Gasteiger partial charge in [-0.15, -0.1) is 0 Å². The van der Waals surface area contributed by atoms with Gasteiger partial charge in [-0.1, -0.05) is 19.1 Å². The van der Waals surface area contributed by atoms with E-state index in [-0.39, 0.29) is 0 Å². The van der Waals surface area contributed by atoms with Gasteiger partial charge in [0, 0.05) is 12.2 Å². The van der Waals surface area contributed by atoms with Gasteiger partial charge in [0.15, 0.2) is 0 Å². The number of aryl methyl sites for hydroxylation is 1. The topological polar surface area (TPSA) is 75.3 Å². The van der Waals surface area contributed by atoms with Gasteiger partial charge in [0.1, 0.15) is 6.04 Å². The zero-order valence-electron chi connectivity index (χ0n) is 9.44. The highest BCUT2D eigenvalue weighted by molar-refractivity contribution is 5.73. The minimum atomic E-state index is -0.955. The SMILES string of the molecule is CCc1ccc(NCCC(N)C(=O)O)cc1. The van der Waals surface area contributed by atoms with Crippen LogP contribution in [-0.4, -0.2) is 23.7 Å². The molecule has 0 saturated carbocycles. The van der Waals surface area contributed by atoms with E-state index in [1.54, 1.807) is 0 Å². The largest absolute Gasteiger partial charge is 0.480 e. The van der Waals surface area contributed by atoms with E-state index in [0.717, 1.165) is 12.1 Å². The quantitative estimate of drug-likeness (QED) is 0.681. The summed E-state index contributed by atoms with van der Waals surface area (Å²) in [4.78, 5) is 10.5. The van der Waals surface area contributed by atoms with Crippen molar-refractivity contribution in [3.8, 4) is 0 Å². The van der Waals surface area contributed by atoms with Gasteiger partial charge in [0.05, 0.1) is 0 Å². The van der Waals surface area contributed by atoms with E-state index >= 15 is 0 Å². The number of hydrogen-bond acceptors (Lipinski definition) is 3. The molecule has 0 aromatic heterocycles. The molecule has 0 heterocycles. The van der Waals surface area contributed by atoms with E-state index in [0.29, 0.717) is 13.0 Å². The molecule has 0 spiro atoms. The summed E-state index contributed by atoms with van der Waals surface area (Å²) >= 11 is 0. The van der Waals surface area contributed by atoms with E-state index in [1.165, 1.54) is 5.56 Å². The highest BCUT2D eigenvalue weighted by atomic mass is 16.4. The van der Waals surface area contributed by atoms with Crippen LogP contribution in [-0.2, 0) is 11.2 Å². The molecule has 16 heavy (non-hydrogen) atoms. The lowest BCUT2D eigenvalue weighted by molar-refractivity contribution is -0.138. The summed E-state index contributed by atoms with van der Waals surface area (Å²) in [6.45, 7) is 2.67. The molecule has 4 N–H and O–H groups in total. The molecule has 0 fully saturated rings. The van der Waals surface area contributed by atoms with E-state index in [4.69, 9.17) is 10.8 Å². The van der Waals surface area contributed by atoms with Crippen molar-refractivity contribution in [1.29, 1.82) is 0 Å². The van der Waals surface area contributed by atoms with Gasteiger partial charge < -0.3 is 16.2 Å². The molecule has 1 rings (SSSR count). The van der Waals surface area contributed by atoms with Crippen molar-refractivity contribution in [2.24, 2.45) is 5.73 Å². The summed E-state index contributed by atoms with van der Waals surface area (Å²) in [5.74, 6) is -0.955. The minimum Gasteiger partial charge on any atom is -0.480 e. The Bertz CT molecular complexity index is 335. The molecule has 0 aliphatic rings. The van der Waals surface area contributed by atoms with Gasteiger partial charge in [-0.2, -0.15) is 0 Å². The third kappa shape index (κ3) is 3.90. The maximum atomic E-state index is 10.5. The second-order valence-corrected chi connectivity index (χ2v) is 3.71. The predicted molar refractivity (Wildman–Crippen MR) is 64.5 cm³/mol. The van der Waals surface area contributed by atoms with Crippen LogP contribution in [0.4, 0.5) is 5.69 Å². The Morgan fingerprint density at radius 2 is 2.06 bits per heavy atom. The highest BCUT2D eigenvalue weighted by Gasteiger charge is 2.09. The lowest BCUT2D eigenvalue weighted by Crippen LogP contribution is -2.32. The Labute approximate surface area is 95.5 Å². The van der Waals surface area contributed by atoms with Crippen molar-refractivity contribution in [3.63, 3.8) is 0 Å². The normalized spacial score (nSPS) is 12.1. The van der Waals surface area contributed by atoms with Crippen molar-refractivity contribution in [1.82, 2.24) is 0 Å². The van der Waals surface area contributed by atoms with Crippen LogP contribution in [0.5, 0.6) is 0 Å². The third-order valence-electron chi connectivity index (χ3n) is 2.46. The van der Waals surface area contributed by atoms with Crippen molar-refractivity contribution >= 4 is 11.7 Å². The number of nitrogens with one attached hydrogen (secondary N) is 1. The summed E-state index contributed by atoms with van der Waals surface area (Å²) in [7, 11) is 0. The number of rotatable bonds is 6. The number of aliphatic carboxylic acids is 1. The van der Waals surface area contributed by atoms with Crippen molar-refractivity contribution in [2.45, 2.75) is 25.8 Å². The van der Waals surface area contributed by atoms with Crippen LogP contribution in [0.3, 0.4) is 0 Å². The highest BCUT2D eigenvalue weighted by Crippen LogP contribution is 2.09. The van der Waals surface area contributed by atoms with Crippen LogP contribution < -0.4 is 11.1 Å². The molecule has 1 aromatic rings. The molecule has 0 bridgehead atoms. The molecular formula is C12H18N2O2. The molecule has 0 aliphatic carbocycles. The number of carbonyl (C=O) groups is 1. The van der Waals surface area contributed by atoms with Gasteiger partial charge in [-0.25, -0.2) is 0 Å². The summed E-state index contributed by atoms with van der Waals surface area (Å²) in [5, 5.41) is 11.7. The smallest absolute Gasteiger partial charge is 0.320 e. The van der Waals surface area contributed by atoms with Gasteiger partial charge in [-0.3, -0.25) is 4.79 Å². The van der Waals surface area contributed by atoms with Crippen LogP contribution in [0.1, 0.15) is 18.9 Å². The van der Waals surface area contributed by atoms with Crippen LogP contribution in [0.2, 0.25) is 0 Å². The Kier molecular flexibility index (Phi) is 4.79. The van der Waals surface area contributed by atoms with Gasteiger partial charge >= 0.3 is 5.97 Å². The Balaban J connectivity index is 2.34. The average molecular weight is 222 g/mol. The second-order valence-electron chi connectivity index (χ2n) is 3.71. The van der Waals surface area contributed by atoms with E-state index in [1.807, 2.05) is 12.1 Å². The molecular weight excluding hydrogens is 204 g/mol. The summed E-state index contributed by atoms with van der Waals surface area (Å²) in [5.41, 5.74) is 7.67. The van der Waals surface area contributed by atoms with Crippen LogP contribution >= 0.6 is 0 Å². The van der Waals surface area contributed by atoms with Crippen molar-refractivity contribution < 1.29 is 9.90 Å². The monoisotopic (exact) mass is 222 g/mol.